The lowest BCUT2D eigenvalue weighted by Crippen LogP contribution is -2.39. The zero-order chi connectivity index (χ0) is 13.1. The van der Waals surface area contributed by atoms with Crippen molar-refractivity contribution in [3.8, 4) is 0 Å². The zero-order valence-electron chi connectivity index (χ0n) is 11.3. The maximum absolute atomic E-state index is 6.37. The highest BCUT2D eigenvalue weighted by Gasteiger charge is 2.26. The van der Waals surface area contributed by atoms with Crippen molar-refractivity contribution in [3.63, 3.8) is 0 Å². The van der Waals surface area contributed by atoms with E-state index in [0.717, 1.165) is 22.2 Å². The fraction of sp³-hybridized carbons (Fsp3) is 0.600. The van der Waals surface area contributed by atoms with Crippen molar-refractivity contribution in [2.24, 2.45) is 11.7 Å². The van der Waals surface area contributed by atoms with E-state index in [0.29, 0.717) is 12.6 Å². The predicted octanol–water partition coefficient (Wildman–Crippen LogP) is 3.81. The van der Waals surface area contributed by atoms with Gasteiger partial charge in [-0.25, -0.2) is 0 Å². The lowest BCUT2D eigenvalue weighted by Gasteiger charge is -2.38. The van der Waals surface area contributed by atoms with Gasteiger partial charge in [-0.15, -0.1) is 0 Å². The Morgan fingerprint density at radius 1 is 1.33 bits per heavy atom. The first-order chi connectivity index (χ1) is 8.63. The number of benzene rings is 1. The minimum Gasteiger partial charge on any atom is -0.370 e. The van der Waals surface area contributed by atoms with Crippen LogP contribution in [0.15, 0.2) is 18.2 Å². The van der Waals surface area contributed by atoms with Crippen molar-refractivity contribution in [1.29, 1.82) is 0 Å². The summed E-state index contributed by atoms with van der Waals surface area (Å²) in [6.07, 6.45) is 5.29. The highest BCUT2D eigenvalue weighted by molar-refractivity contribution is 6.33. The SMILES string of the molecule is CC1CCCCC1N(C)c1ccc(CN)cc1Cl. The van der Waals surface area contributed by atoms with Gasteiger partial charge in [0, 0.05) is 19.6 Å². The molecule has 0 spiro atoms. The molecule has 1 aliphatic rings. The topological polar surface area (TPSA) is 29.3 Å². The van der Waals surface area contributed by atoms with E-state index in [1.54, 1.807) is 0 Å². The summed E-state index contributed by atoms with van der Waals surface area (Å²) in [5, 5.41) is 0.818. The summed E-state index contributed by atoms with van der Waals surface area (Å²) in [5.41, 5.74) is 7.86. The van der Waals surface area contributed by atoms with Crippen molar-refractivity contribution < 1.29 is 0 Å². The molecule has 2 unspecified atom stereocenters. The molecule has 2 nitrogen and oxygen atoms in total. The number of hydrogen-bond acceptors (Lipinski definition) is 2. The molecule has 1 fully saturated rings. The summed E-state index contributed by atoms with van der Waals surface area (Å²) in [4.78, 5) is 2.35. The molecule has 0 bridgehead atoms. The third-order valence-electron chi connectivity index (χ3n) is 4.19. The van der Waals surface area contributed by atoms with Crippen LogP contribution in [0.1, 0.15) is 38.2 Å². The molecule has 2 rings (SSSR count). The average molecular weight is 267 g/mol. The minimum absolute atomic E-state index is 0.545. The van der Waals surface area contributed by atoms with Crippen molar-refractivity contribution in [3.05, 3.63) is 28.8 Å². The smallest absolute Gasteiger partial charge is 0.0642 e. The summed E-state index contributed by atoms with van der Waals surface area (Å²) in [5.74, 6) is 0.744. The van der Waals surface area contributed by atoms with Gasteiger partial charge in [-0.3, -0.25) is 0 Å². The van der Waals surface area contributed by atoms with Gasteiger partial charge in [0.25, 0.3) is 0 Å². The molecular formula is C15H23ClN2. The summed E-state index contributed by atoms with van der Waals surface area (Å²) in [6.45, 7) is 2.89. The minimum atomic E-state index is 0.545. The molecular weight excluding hydrogens is 244 g/mol. The van der Waals surface area contributed by atoms with Gasteiger partial charge in [-0.2, -0.15) is 0 Å². The van der Waals surface area contributed by atoms with Crippen LogP contribution in [-0.4, -0.2) is 13.1 Å². The molecule has 2 atom stereocenters. The van der Waals surface area contributed by atoms with Crippen LogP contribution >= 0.6 is 11.6 Å². The molecule has 1 aliphatic carbocycles. The largest absolute Gasteiger partial charge is 0.370 e. The molecule has 0 amide bonds. The molecule has 1 aromatic carbocycles. The van der Waals surface area contributed by atoms with Gasteiger partial charge in [-0.1, -0.05) is 37.4 Å². The third kappa shape index (κ3) is 2.81. The maximum Gasteiger partial charge on any atom is 0.0642 e. The first-order valence-electron chi connectivity index (χ1n) is 6.85. The Morgan fingerprint density at radius 2 is 2.06 bits per heavy atom. The zero-order valence-corrected chi connectivity index (χ0v) is 12.1. The van der Waals surface area contributed by atoms with Gasteiger partial charge >= 0.3 is 0 Å². The Labute approximate surface area is 115 Å². The molecule has 18 heavy (non-hydrogen) atoms. The summed E-state index contributed by atoms with van der Waals surface area (Å²) >= 11 is 6.37. The fourth-order valence-electron chi connectivity index (χ4n) is 3.01. The first kappa shape index (κ1) is 13.7. The second kappa shape index (κ2) is 5.94. The Balaban J connectivity index is 2.19. The molecule has 0 aromatic heterocycles. The molecule has 1 saturated carbocycles. The van der Waals surface area contributed by atoms with Crippen LogP contribution in [0.2, 0.25) is 5.02 Å². The number of halogens is 1. The monoisotopic (exact) mass is 266 g/mol. The van der Waals surface area contributed by atoms with E-state index in [-0.39, 0.29) is 0 Å². The highest BCUT2D eigenvalue weighted by Crippen LogP contribution is 2.34. The predicted molar refractivity (Wildman–Crippen MR) is 79.2 cm³/mol. The quantitative estimate of drug-likeness (QED) is 0.901. The van der Waals surface area contributed by atoms with E-state index in [9.17, 15) is 0 Å². The van der Waals surface area contributed by atoms with E-state index in [1.807, 2.05) is 6.07 Å². The molecule has 0 radical (unpaired) electrons. The lowest BCUT2D eigenvalue weighted by atomic mass is 9.85. The number of nitrogens with zero attached hydrogens (tertiary/aromatic N) is 1. The van der Waals surface area contributed by atoms with Gasteiger partial charge in [0.1, 0.15) is 0 Å². The molecule has 0 heterocycles. The van der Waals surface area contributed by atoms with E-state index in [2.05, 4.69) is 31.0 Å². The van der Waals surface area contributed by atoms with E-state index in [1.165, 1.54) is 25.7 Å². The van der Waals surface area contributed by atoms with Gasteiger partial charge in [-0.05, 0) is 36.5 Å². The van der Waals surface area contributed by atoms with Crippen molar-refractivity contribution in [2.45, 2.75) is 45.2 Å². The Hall–Kier alpha value is -0.730. The van der Waals surface area contributed by atoms with E-state index >= 15 is 0 Å². The normalized spacial score (nSPS) is 24.0. The van der Waals surface area contributed by atoms with Crippen LogP contribution in [0.25, 0.3) is 0 Å². The van der Waals surface area contributed by atoms with Crippen molar-refractivity contribution in [2.75, 3.05) is 11.9 Å². The third-order valence-corrected chi connectivity index (χ3v) is 4.49. The van der Waals surface area contributed by atoms with Crippen LogP contribution in [0.4, 0.5) is 5.69 Å². The standard InChI is InChI=1S/C15H23ClN2/c1-11-5-3-4-6-14(11)18(2)15-8-7-12(10-17)9-13(15)16/h7-9,11,14H,3-6,10,17H2,1-2H3. The van der Waals surface area contributed by atoms with E-state index < -0.39 is 0 Å². The second-order valence-corrected chi connectivity index (χ2v) is 5.84. The number of nitrogens with two attached hydrogens (primary N) is 1. The molecule has 2 N–H and O–H groups in total. The molecule has 3 heteroatoms. The van der Waals surface area contributed by atoms with Crippen LogP contribution in [0.5, 0.6) is 0 Å². The van der Waals surface area contributed by atoms with Crippen LogP contribution in [0.3, 0.4) is 0 Å². The Bertz CT molecular complexity index is 405. The number of rotatable bonds is 3. The second-order valence-electron chi connectivity index (χ2n) is 5.43. The Kier molecular flexibility index (Phi) is 4.52. The van der Waals surface area contributed by atoms with Gasteiger partial charge in [0.2, 0.25) is 0 Å². The molecule has 100 valence electrons. The van der Waals surface area contributed by atoms with Gasteiger partial charge < -0.3 is 10.6 Å². The van der Waals surface area contributed by atoms with Gasteiger partial charge in [0.05, 0.1) is 10.7 Å². The van der Waals surface area contributed by atoms with Crippen molar-refractivity contribution in [1.82, 2.24) is 0 Å². The van der Waals surface area contributed by atoms with Crippen LogP contribution in [0, 0.1) is 5.92 Å². The lowest BCUT2D eigenvalue weighted by molar-refractivity contribution is 0.321. The highest BCUT2D eigenvalue weighted by atomic mass is 35.5. The van der Waals surface area contributed by atoms with Gasteiger partial charge in [0.15, 0.2) is 0 Å². The number of anilines is 1. The average Bonchev–Trinajstić information content (AvgIpc) is 2.38. The summed E-state index contributed by atoms with van der Waals surface area (Å²) in [6, 6.07) is 6.78. The Morgan fingerprint density at radius 3 is 2.67 bits per heavy atom. The molecule has 0 saturated heterocycles. The molecule has 0 aliphatic heterocycles. The van der Waals surface area contributed by atoms with Crippen molar-refractivity contribution >= 4 is 17.3 Å². The number of hydrogen-bond donors (Lipinski definition) is 1. The van der Waals surface area contributed by atoms with Crippen LogP contribution < -0.4 is 10.6 Å². The van der Waals surface area contributed by atoms with Crippen LogP contribution in [-0.2, 0) is 6.54 Å². The molecule has 1 aromatic rings. The summed E-state index contributed by atoms with van der Waals surface area (Å²) < 4.78 is 0. The first-order valence-corrected chi connectivity index (χ1v) is 7.22. The fourth-order valence-corrected chi connectivity index (χ4v) is 3.35. The maximum atomic E-state index is 6.37. The van der Waals surface area contributed by atoms with E-state index in [4.69, 9.17) is 17.3 Å². The summed E-state index contributed by atoms with van der Waals surface area (Å²) in [7, 11) is 2.16.